The van der Waals surface area contributed by atoms with Gasteiger partial charge in [0.1, 0.15) is 0 Å². The number of halogens is 2. The fourth-order valence-electron chi connectivity index (χ4n) is 4.49. The van der Waals surface area contributed by atoms with E-state index in [1.807, 2.05) is 60.7 Å². The second-order valence-corrected chi connectivity index (χ2v) is 12.5. The average Bonchev–Trinajstić information content (AvgIpc) is 3.70. The van der Waals surface area contributed by atoms with Crippen LogP contribution in [0, 0.1) is 26.0 Å². The molecule has 2 aliphatic carbocycles. The summed E-state index contributed by atoms with van der Waals surface area (Å²) in [6, 6.07) is 35.3. The number of rotatable bonds is 1. The van der Waals surface area contributed by atoms with Gasteiger partial charge >= 0.3 is 28.4 Å². The normalized spacial score (nSPS) is 11.5. The SMILES string of the molecule is CC(C)(C)c1[c-]c2c(cc1)-c1ccc(C(C)(C)C)cc1C2.Cl.Cl.[C-]1=CC=CC1.[CH2-]Cc1ccccc1.[CH2-]c1ccccc1.[CH2]=[Zr]. The van der Waals surface area contributed by atoms with E-state index in [2.05, 4.69) is 120 Å². The van der Waals surface area contributed by atoms with Crippen LogP contribution in [0.3, 0.4) is 0 Å². The third kappa shape index (κ3) is 14.7. The maximum absolute atomic E-state index is 3.76. The van der Waals surface area contributed by atoms with Gasteiger partial charge in [0, 0.05) is 0 Å². The van der Waals surface area contributed by atoms with Crippen molar-refractivity contribution in [3.63, 3.8) is 0 Å². The topological polar surface area (TPSA) is 0 Å². The van der Waals surface area contributed by atoms with Crippen molar-refractivity contribution in [2.45, 2.75) is 71.6 Å². The van der Waals surface area contributed by atoms with Gasteiger partial charge in [0.05, 0.1) is 0 Å². The third-order valence-corrected chi connectivity index (χ3v) is 7.02. The van der Waals surface area contributed by atoms with Crippen LogP contribution in [0.4, 0.5) is 0 Å². The monoisotopic (exact) mass is 714 g/mol. The van der Waals surface area contributed by atoms with Gasteiger partial charge in [0.25, 0.3) is 0 Å². The Morgan fingerprint density at radius 3 is 1.73 bits per heavy atom. The van der Waals surface area contributed by atoms with E-state index in [0.717, 1.165) is 24.8 Å². The Balaban J connectivity index is 0.000000663. The van der Waals surface area contributed by atoms with E-state index in [-0.39, 0.29) is 35.6 Å². The van der Waals surface area contributed by atoms with E-state index < -0.39 is 0 Å². The summed E-state index contributed by atoms with van der Waals surface area (Å²) >= 11 is 1.30. The predicted octanol–water partition coefficient (Wildman–Crippen LogP) is 11.7. The molecule has 0 aromatic heterocycles. The molecule has 6 rings (SSSR count). The molecule has 0 aliphatic heterocycles. The molecule has 0 atom stereocenters. The van der Waals surface area contributed by atoms with Gasteiger partial charge in [-0.3, -0.25) is 6.08 Å². The van der Waals surface area contributed by atoms with Crippen molar-refractivity contribution in [3.8, 4) is 11.1 Å². The zero-order valence-electron chi connectivity index (χ0n) is 28.0. The molecular weight excluding hydrogens is 667 g/mol. The number of hydrogen-bond donors (Lipinski definition) is 0. The van der Waals surface area contributed by atoms with Crippen LogP contribution in [0.5, 0.6) is 0 Å². The molecule has 0 saturated heterocycles. The minimum absolute atomic E-state index is 0. The van der Waals surface area contributed by atoms with Gasteiger partial charge < -0.3 is 6.92 Å². The Morgan fingerprint density at radius 2 is 1.33 bits per heavy atom. The first kappa shape index (κ1) is 42.6. The van der Waals surface area contributed by atoms with Crippen LogP contribution < -0.4 is 0 Å². The molecule has 0 radical (unpaired) electrons. The van der Waals surface area contributed by atoms with Gasteiger partial charge in [-0.2, -0.15) is 60.9 Å². The van der Waals surface area contributed by atoms with Crippen molar-refractivity contribution >= 4 is 29.0 Å². The van der Waals surface area contributed by atoms with Gasteiger partial charge in [-0.05, 0) is 28.4 Å². The van der Waals surface area contributed by atoms with Gasteiger partial charge in [-0.15, -0.1) is 54.5 Å². The molecule has 0 nitrogen and oxygen atoms in total. The molecule has 0 heterocycles. The second-order valence-electron chi connectivity index (χ2n) is 12.5. The van der Waals surface area contributed by atoms with Crippen molar-refractivity contribution in [1.82, 2.24) is 0 Å². The summed E-state index contributed by atoms with van der Waals surface area (Å²) < 4.78 is 3.34. The Kier molecular flexibility index (Phi) is 20.2. The summed E-state index contributed by atoms with van der Waals surface area (Å²) in [5, 5.41) is 0. The van der Waals surface area contributed by atoms with Crippen LogP contribution in [0.2, 0.25) is 0 Å². The average molecular weight is 717 g/mol. The van der Waals surface area contributed by atoms with Crippen molar-refractivity contribution in [1.29, 1.82) is 0 Å². The van der Waals surface area contributed by atoms with E-state index in [1.54, 1.807) is 0 Å². The van der Waals surface area contributed by atoms with Crippen LogP contribution in [-0.2, 0) is 47.9 Å². The van der Waals surface area contributed by atoms with E-state index in [9.17, 15) is 0 Å². The van der Waals surface area contributed by atoms with Crippen LogP contribution in [0.25, 0.3) is 11.1 Å². The number of benzene rings is 4. The van der Waals surface area contributed by atoms with Crippen molar-refractivity contribution in [2.24, 2.45) is 0 Å². The minimum atomic E-state index is 0. The van der Waals surface area contributed by atoms with Crippen LogP contribution in [0.15, 0.2) is 109 Å². The van der Waals surface area contributed by atoms with Crippen molar-refractivity contribution in [2.75, 3.05) is 0 Å². The molecule has 3 heteroatoms. The fraction of sp³-hybridized carbons (Fsp3) is 0.262. The first-order chi connectivity index (χ1) is 20.5. The third-order valence-electron chi connectivity index (χ3n) is 7.02. The van der Waals surface area contributed by atoms with Crippen LogP contribution in [-0.4, -0.2) is 4.21 Å². The fourth-order valence-corrected chi connectivity index (χ4v) is 4.49. The quantitative estimate of drug-likeness (QED) is 0.152. The Hall–Kier alpha value is -2.44. The van der Waals surface area contributed by atoms with E-state index >= 15 is 0 Å². The van der Waals surface area contributed by atoms with E-state index in [0.29, 0.717) is 0 Å². The molecule has 0 N–H and O–H groups in total. The van der Waals surface area contributed by atoms with E-state index in [4.69, 9.17) is 0 Å². The molecule has 4 aromatic carbocycles. The molecule has 45 heavy (non-hydrogen) atoms. The molecule has 0 spiro atoms. The molecular formula is C42H50Cl2Zr-4. The zero-order valence-corrected chi connectivity index (χ0v) is 32.0. The Labute approximate surface area is 302 Å². The van der Waals surface area contributed by atoms with Crippen molar-refractivity contribution < 1.29 is 24.2 Å². The van der Waals surface area contributed by atoms with Crippen molar-refractivity contribution in [3.05, 3.63) is 169 Å². The first-order valence-electron chi connectivity index (χ1n) is 15.0. The summed E-state index contributed by atoms with van der Waals surface area (Å²) in [5.41, 5.74) is 11.1. The zero-order chi connectivity index (χ0) is 31.9. The van der Waals surface area contributed by atoms with Gasteiger partial charge in [0.15, 0.2) is 0 Å². The predicted molar refractivity (Wildman–Crippen MR) is 201 cm³/mol. The summed E-state index contributed by atoms with van der Waals surface area (Å²) in [4.78, 5) is 0. The van der Waals surface area contributed by atoms with Gasteiger partial charge in [0.2, 0.25) is 0 Å². The molecule has 0 fully saturated rings. The van der Waals surface area contributed by atoms with Crippen LogP contribution >= 0.6 is 24.8 Å². The summed E-state index contributed by atoms with van der Waals surface area (Å²) in [7, 11) is 0. The summed E-state index contributed by atoms with van der Waals surface area (Å²) in [5.74, 6) is 0. The van der Waals surface area contributed by atoms with Crippen LogP contribution in [0.1, 0.15) is 81.3 Å². The molecule has 4 aromatic rings. The number of fused-ring (bicyclic) bond motifs is 3. The summed E-state index contributed by atoms with van der Waals surface area (Å²) in [6.45, 7) is 21.1. The molecule has 0 saturated carbocycles. The number of allylic oxidation sites excluding steroid dienone is 4. The molecule has 2 aliphatic rings. The Bertz CT molecular complexity index is 1370. The van der Waals surface area contributed by atoms with Gasteiger partial charge in [-0.1, -0.05) is 107 Å². The molecule has 0 amide bonds. The molecule has 240 valence electrons. The Morgan fingerprint density at radius 1 is 0.756 bits per heavy atom. The molecule has 0 bridgehead atoms. The standard InChI is InChI=1S/C21H25.C8H9.C7H7.C5H5.CH2.2ClH.Zr/c1-20(2,3)16-7-9-18-14(12-16)11-15-13-17(21(4,5)6)8-10-19(15)18;1-2-8-6-4-3-5-7-8;1-7-5-3-2-4-6-7;1-2-4-5-3-1;;;;/h7-10,12H,11H2,1-6H3;3-7H,1-2H2;2-6H,1H2;1-3H,4H2;1H2;2*1H;/q4*-1;;;;. The second kappa shape index (κ2) is 21.4. The first-order valence-corrected chi connectivity index (χ1v) is 16.7. The number of hydrogen-bond acceptors (Lipinski definition) is 0. The summed E-state index contributed by atoms with van der Waals surface area (Å²) in [6.07, 6.45) is 11.9. The maximum atomic E-state index is 3.76. The molecule has 0 unspecified atom stereocenters. The van der Waals surface area contributed by atoms with Gasteiger partial charge in [-0.25, -0.2) is 12.2 Å². The van der Waals surface area contributed by atoms with E-state index in [1.165, 1.54) is 63.2 Å².